The Morgan fingerprint density at radius 3 is 2.33 bits per heavy atom. The summed E-state index contributed by atoms with van der Waals surface area (Å²) in [7, 11) is -2.19. The van der Waals surface area contributed by atoms with Crippen LogP contribution in [0.1, 0.15) is 34.6 Å². The number of carbonyl (C=O) groups excluding carboxylic acids is 2. The van der Waals surface area contributed by atoms with Gasteiger partial charge in [-0.1, -0.05) is 11.2 Å². The van der Waals surface area contributed by atoms with Crippen LogP contribution >= 0.6 is 0 Å². The number of esters is 1. The molecule has 0 atom stereocenters. The van der Waals surface area contributed by atoms with E-state index in [9.17, 15) is 18.0 Å². The quantitative estimate of drug-likeness (QED) is 0.592. The van der Waals surface area contributed by atoms with Gasteiger partial charge in [0.1, 0.15) is 0 Å². The third-order valence-electron chi connectivity index (χ3n) is 4.24. The molecule has 156 valence electrons. The standard InChI is InChI=1S/C20H19N3O6S/c1-12(2)30(26,27)16-6-4-5-15(11-16)18-22-23-20(29-18)21-17(24)13-7-9-14(10-8-13)19(25)28-3/h4-12H,1-3H3,(H,21,23,24). The first-order valence-electron chi connectivity index (χ1n) is 8.90. The molecule has 1 N–H and O–H groups in total. The van der Waals surface area contributed by atoms with Gasteiger partial charge in [-0.3, -0.25) is 10.1 Å². The molecule has 0 fully saturated rings. The number of anilines is 1. The van der Waals surface area contributed by atoms with E-state index in [1.807, 2.05) is 0 Å². The number of amides is 1. The van der Waals surface area contributed by atoms with Crippen LogP contribution in [0.4, 0.5) is 6.01 Å². The van der Waals surface area contributed by atoms with Gasteiger partial charge >= 0.3 is 12.0 Å². The van der Waals surface area contributed by atoms with E-state index in [-0.39, 0.29) is 22.4 Å². The Labute approximate surface area is 173 Å². The molecule has 0 radical (unpaired) electrons. The van der Waals surface area contributed by atoms with E-state index in [0.29, 0.717) is 11.1 Å². The molecule has 0 bridgehead atoms. The van der Waals surface area contributed by atoms with Crippen LogP contribution in [0.15, 0.2) is 57.8 Å². The summed E-state index contributed by atoms with van der Waals surface area (Å²) in [6, 6.07) is 11.8. The van der Waals surface area contributed by atoms with Gasteiger partial charge in [-0.15, -0.1) is 5.10 Å². The van der Waals surface area contributed by atoms with Crippen molar-refractivity contribution in [2.45, 2.75) is 24.0 Å². The molecule has 3 aromatic rings. The average Bonchev–Trinajstić information content (AvgIpc) is 3.21. The molecule has 10 heteroatoms. The van der Waals surface area contributed by atoms with Crippen LogP contribution in [0.2, 0.25) is 0 Å². The number of sulfone groups is 1. The third-order valence-corrected chi connectivity index (χ3v) is 6.40. The van der Waals surface area contributed by atoms with E-state index in [2.05, 4.69) is 20.3 Å². The number of rotatable bonds is 6. The maximum absolute atomic E-state index is 12.4. The van der Waals surface area contributed by atoms with Crippen molar-refractivity contribution in [3.05, 3.63) is 59.7 Å². The number of methoxy groups -OCH3 is 1. The second kappa shape index (κ2) is 8.46. The number of hydrogen-bond donors (Lipinski definition) is 1. The van der Waals surface area contributed by atoms with E-state index in [4.69, 9.17) is 4.42 Å². The average molecular weight is 429 g/mol. The highest BCUT2D eigenvalue weighted by atomic mass is 32.2. The summed E-state index contributed by atoms with van der Waals surface area (Å²) in [4.78, 5) is 23.9. The smallest absolute Gasteiger partial charge is 0.337 e. The molecule has 3 rings (SSSR count). The summed E-state index contributed by atoms with van der Waals surface area (Å²) in [5.74, 6) is -0.963. The minimum Gasteiger partial charge on any atom is -0.465 e. The highest BCUT2D eigenvalue weighted by Gasteiger charge is 2.21. The molecular formula is C20H19N3O6S. The molecule has 1 amide bonds. The first-order valence-corrected chi connectivity index (χ1v) is 10.4. The topological polar surface area (TPSA) is 128 Å². The van der Waals surface area contributed by atoms with Crippen molar-refractivity contribution in [1.82, 2.24) is 10.2 Å². The Morgan fingerprint density at radius 2 is 1.70 bits per heavy atom. The maximum atomic E-state index is 12.4. The van der Waals surface area contributed by atoms with Crippen LogP contribution in [-0.4, -0.2) is 42.9 Å². The first kappa shape index (κ1) is 21.2. The zero-order chi connectivity index (χ0) is 21.9. The van der Waals surface area contributed by atoms with Crippen molar-refractivity contribution in [1.29, 1.82) is 0 Å². The number of carbonyl (C=O) groups is 2. The van der Waals surface area contributed by atoms with Gasteiger partial charge in [0.05, 0.1) is 22.8 Å². The van der Waals surface area contributed by atoms with Crippen molar-refractivity contribution in [3.8, 4) is 11.5 Å². The van der Waals surface area contributed by atoms with Crippen LogP contribution in [0.5, 0.6) is 0 Å². The lowest BCUT2D eigenvalue weighted by atomic mass is 10.1. The van der Waals surface area contributed by atoms with Crippen LogP contribution in [0.25, 0.3) is 11.5 Å². The van der Waals surface area contributed by atoms with E-state index in [1.165, 1.54) is 43.5 Å². The molecule has 30 heavy (non-hydrogen) atoms. The molecule has 0 aliphatic rings. The molecular weight excluding hydrogens is 410 g/mol. The van der Waals surface area contributed by atoms with Gasteiger partial charge in [0, 0.05) is 11.1 Å². The lowest BCUT2D eigenvalue weighted by Gasteiger charge is -2.08. The number of nitrogens with zero attached hydrogens (tertiary/aromatic N) is 2. The van der Waals surface area contributed by atoms with Crippen LogP contribution in [0, 0.1) is 0 Å². The second-order valence-corrected chi connectivity index (χ2v) is 9.06. The monoisotopic (exact) mass is 429 g/mol. The van der Waals surface area contributed by atoms with Crippen LogP contribution in [0.3, 0.4) is 0 Å². The Hall–Kier alpha value is -3.53. The summed E-state index contributed by atoms with van der Waals surface area (Å²) >= 11 is 0. The van der Waals surface area contributed by atoms with Gasteiger partial charge in [0.25, 0.3) is 5.91 Å². The minimum atomic E-state index is -3.46. The lowest BCUT2D eigenvalue weighted by Crippen LogP contribution is -2.13. The van der Waals surface area contributed by atoms with E-state index >= 15 is 0 Å². The molecule has 0 saturated heterocycles. The minimum absolute atomic E-state index is 0.0622. The zero-order valence-corrected chi connectivity index (χ0v) is 17.3. The normalized spacial score (nSPS) is 11.3. The van der Waals surface area contributed by atoms with E-state index < -0.39 is 27.0 Å². The summed E-state index contributed by atoms with van der Waals surface area (Å²) in [6.45, 7) is 3.19. The second-order valence-electron chi connectivity index (χ2n) is 6.56. The van der Waals surface area contributed by atoms with Crippen molar-refractivity contribution < 1.29 is 27.2 Å². The highest BCUT2D eigenvalue weighted by molar-refractivity contribution is 7.92. The van der Waals surface area contributed by atoms with Gasteiger partial charge in [0.2, 0.25) is 5.89 Å². The van der Waals surface area contributed by atoms with Gasteiger partial charge in [-0.2, -0.15) is 0 Å². The van der Waals surface area contributed by atoms with E-state index in [1.54, 1.807) is 26.0 Å². The molecule has 0 saturated carbocycles. The van der Waals surface area contributed by atoms with Crippen molar-refractivity contribution >= 4 is 27.7 Å². The molecule has 0 aliphatic heterocycles. The number of hydrogen-bond acceptors (Lipinski definition) is 8. The molecule has 2 aromatic carbocycles. The maximum Gasteiger partial charge on any atom is 0.337 e. The van der Waals surface area contributed by atoms with Gasteiger partial charge in [0.15, 0.2) is 9.84 Å². The molecule has 0 spiro atoms. The third kappa shape index (κ3) is 4.38. The van der Waals surface area contributed by atoms with Gasteiger partial charge < -0.3 is 9.15 Å². The fraction of sp³-hybridized carbons (Fsp3) is 0.200. The highest BCUT2D eigenvalue weighted by Crippen LogP contribution is 2.25. The first-order chi connectivity index (χ1) is 14.2. The van der Waals surface area contributed by atoms with Crippen molar-refractivity contribution in [2.24, 2.45) is 0 Å². The van der Waals surface area contributed by atoms with Crippen molar-refractivity contribution in [3.63, 3.8) is 0 Å². The fourth-order valence-electron chi connectivity index (χ4n) is 2.51. The van der Waals surface area contributed by atoms with Gasteiger partial charge in [-0.05, 0) is 56.3 Å². The lowest BCUT2D eigenvalue weighted by molar-refractivity contribution is 0.0600. The predicted molar refractivity (Wildman–Crippen MR) is 108 cm³/mol. The Balaban J connectivity index is 1.77. The largest absolute Gasteiger partial charge is 0.465 e. The summed E-state index contributed by atoms with van der Waals surface area (Å²) in [5, 5.41) is 9.52. The SMILES string of the molecule is COC(=O)c1ccc(C(=O)Nc2nnc(-c3cccc(S(=O)(=O)C(C)C)c3)o2)cc1. The molecule has 9 nitrogen and oxygen atoms in total. The van der Waals surface area contributed by atoms with Crippen molar-refractivity contribution in [2.75, 3.05) is 12.4 Å². The predicted octanol–water partition coefficient (Wildman–Crippen LogP) is 2.96. The van der Waals surface area contributed by atoms with Crippen LogP contribution in [-0.2, 0) is 14.6 Å². The summed E-state index contributed by atoms with van der Waals surface area (Å²) in [5.41, 5.74) is 0.991. The molecule has 0 aliphatic carbocycles. The number of benzene rings is 2. The molecule has 0 unspecified atom stereocenters. The fourth-order valence-corrected chi connectivity index (χ4v) is 3.62. The summed E-state index contributed by atoms with van der Waals surface area (Å²) in [6.07, 6.45) is 0. The Morgan fingerprint density at radius 1 is 1.03 bits per heavy atom. The van der Waals surface area contributed by atoms with Gasteiger partial charge in [-0.25, -0.2) is 13.2 Å². The Kier molecular flexibility index (Phi) is 5.97. The molecule has 1 aromatic heterocycles. The number of aromatic nitrogens is 2. The zero-order valence-electron chi connectivity index (χ0n) is 16.4. The van der Waals surface area contributed by atoms with E-state index in [0.717, 1.165) is 0 Å². The number of ether oxygens (including phenoxy) is 1. The summed E-state index contributed by atoms with van der Waals surface area (Å²) < 4.78 is 34.8. The number of nitrogens with one attached hydrogen (secondary N) is 1. The molecule has 1 heterocycles. The van der Waals surface area contributed by atoms with Crippen LogP contribution < -0.4 is 5.32 Å². The Bertz CT molecular complexity index is 1180.